The van der Waals surface area contributed by atoms with Crippen LogP contribution in [0.1, 0.15) is 17.5 Å². The molecule has 110 valence electrons. The van der Waals surface area contributed by atoms with E-state index in [0.717, 1.165) is 0 Å². The summed E-state index contributed by atoms with van der Waals surface area (Å²) in [4.78, 5) is 2.05. The Balaban J connectivity index is 2.12. The van der Waals surface area contributed by atoms with E-state index in [0.29, 0.717) is 11.5 Å². The normalized spacial score (nSPS) is 13.8. The number of likely N-dealkylation sites (N-methyl/N-ethyl adjacent to an activating group) is 1. The Morgan fingerprint density at radius 1 is 1.50 bits per heavy atom. The van der Waals surface area contributed by atoms with Gasteiger partial charge in [0.15, 0.2) is 0 Å². The van der Waals surface area contributed by atoms with Crippen molar-refractivity contribution in [3.05, 3.63) is 36.0 Å². The first-order valence-corrected chi connectivity index (χ1v) is 7.59. The molecule has 0 aliphatic rings. The van der Waals surface area contributed by atoms with E-state index < -0.39 is 10.0 Å². The average molecular weight is 298 g/mol. The highest BCUT2D eigenvalue weighted by Crippen LogP contribution is 2.19. The predicted molar refractivity (Wildman–Crippen MR) is 73.6 cm³/mol. The second-order valence-electron chi connectivity index (χ2n) is 4.71. The molecular formula is C12H18N4O3S. The first kappa shape index (κ1) is 14.8. The molecule has 0 aliphatic carbocycles. The molecule has 0 amide bonds. The van der Waals surface area contributed by atoms with Crippen molar-refractivity contribution in [2.45, 2.75) is 17.9 Å². The van der Waals surface area contributed by atoms with Crippen LogP contribution < -0.4 is 4.72 Å². The Morgan fingerprint density at radius 2 is 2.25 bits per heavy atom. The first-order valence-electron chi connectivity index (χ1n) is 6.11. The van der Waals surface area contributed by atoms with Crippen LogP contribution in [0.5, 0.6) is 0 Å². The van der Waals surface area contributed by atoms with E-state index in [1.807, 2.05) is 25.1 Å². The van der Waals surface area contributed by atoms with Gasteiger partial charge in [0.05, 0.1) is 24.2 Å². The topological polar surface area (TPSA) is 91.2 Å². The highest BCUT2D eigenvalue weighted by Gasteiger charge is 2.23. The molecule has 0 saturated carbocycles. The zero-order chi connectivity index (χ0) is 14.8. The summed E-state index contributed by atoms with van der Waals surface area (Å²) in [5.41, 5.74) is 0.511. The fraction of sp³-hybridized carbons (Fsp3) is 0.417. The first-order chi connectivity index (χ1) is 9.42. The van der Waals surface area contributed by atoms with Crippen molar-refractivity contribution in [3.8, 4) is 0 Å². The van der Waals surface area contributed by atoms with Crippen molar-refractivity contribution in [2.75, 3.05) is 20.6 Å². The third-order valence-electron chi connectivity index (χ3n) is 3.03. The van der Waals surface area contributed by atoms with Crippen molar-refractivity contribution in [2.24, 2.45) is 0 Å². The van der Waals surface area contributed by atoms with Gasteiger partial charge in [0.2, 0.25) is 10.0 Å². The van der Waals surface area contributed by atoms with E-state index in [2.05, 4.69) is 14.9 Å². The van der Waals surface area contributed by atoms with E-state index >= 15 is 0 Å². The van der Waals surface area contributed by atoms with Crippen LogP contribution >= 0.6 is 0 Å². The molecule has 0 radical (unpaired) electrons. The van der Waals surface area contributed by atoms with Gasteiger partial charge in [-0.05, 0) is 33.2 Å². The van der Waals surface area contributed by atoms with E-state index in [-0.39, 0.29) is 17.5 Å². The van der Waals surface area contributed by atoms with E-state index in [1.165, 1.54) is 6.20 Å². The lowest BCUT2D eigenvalue weighted by Gasteiger charge is -2.22. The number of hydrogen-bond acceptors (Lipinski definition) is 5. The number of rotatable bonds is 6. The molecule has 20 heavy (non-hydrogen) atoms. The minimum absolute atomic E-state index is 0.162. The van der Waals surface area contributed by atoms with Crippen molar-refractivity contribution in [3.63, 3.8) is 0 Å². The smallest absolute Gasteiger partial charge is 0.244 e. The Hall–Kier alpha value is -1.64. The van der Waals surface area contributed by atoms with Crippen molar-refractivity contribution >= 4 is 10.0 Å². The summed E-state index contributed by atoms with van der Waals surface area (Å²) in [6.07, 6.45) is 2.87. The minimum Gasteiger partial charge on any atom is -0.468 e. The second-order valence-corrected chi connectivity index (χ2v) is 6.44. The van der Waals surface area contributed by atoms with Crippen LogP contribution in [0.15, 0.2) is 33.9 Å². The maximum Gasteiger partial charge on any atom is 0.244 e. The molecule has 7 nitrogen and oxygen atoms in total. The molecule has 0 fully saturated rings. The number of aryl methyl sites for hydroxylation is 1. The number of nitrogens with one attached hydrogen (secondary N) is 2. The zero-order valence-electron chi connectivity index (χ0n) is 11.6. The fourth-order valence-corrected chi connectivity index (χ4v) is 3.07. The largest absolute Gasteiger partial charge is 0.468 e. The van der Waals surface area contributed by atoms with Crippen LogP contribution in [0.4, 0.5) is 0 Å². The molecule has 0 spiro atoms. The number of H-pyrrole nitrogens is 1. The Morgan fingerprint density at radius 3 is 2.75 bits per heavy atom. The lowest BCUT2D eigenvalue weighted by Crippen LogP contribution is -2.34. The molecule has 2 N–H and O–H groups in total. The minimum atomic E-state index is -3.58. The quantitative estimate of drug-likeness (QED) is 0.826. The molecular weight excluding hydrogens is 280 g/mol. The number of aromatic nitrogens is 2. The third-order valence-corrected chi connectivity index (χ3v) is 4.57. The van der Waals surface area contributed by atoms with E-state index in [9.17, 15) is 8.42 Å². The molecule has 2 rings (SSSR count). The van der Waals surface area contributed by atoms with E-state index in [1.54, 1.807) is 19.3 Å². The Bertz CT molecular complexity index is 646. The Kier molecular flexibility index (Phi) is 4.26. The number of nitrogens with zero attached hydrogens (tertiary/aromatic N) is 2. The van der Waals surface area contributed by atoms with Gasteiger partial charge in [-0.3, -0.25) is 10.00 Å². The van der Waals surface area contributed by atoms with Crippen molar-refractivity contribution in [1.29, 1.82) is 0 Å². The molecule has 8 heteroatoms. The summed E-state index contributed by atoms with van der Waals surface area (Å²) in [6, 6.07) is 3.43. The monoisotopic (exact) mass is 298 g/mol. The summed E-state index contributed by atoms with van der Waals surface area (Å²) >= 11 is 0. The molecule has 2 aromatic heterocycles. The lowest BCUT2D eigenvalue weighted by atomic mass is 10.2. The summed E-state index contributed by atoms with van der Waals surface area (Å²) in [6.45, 7) is 1.88. The van der Waals surface area contributed by atoms with Gasteiger partial charge < -0.3 is 4.42 Å². The fourth-order valence-electron chi connectivity index (χ4n) is 1.90. The highest BCUT2D eigenvalue weighted by molar-refractivity contribution is 7.89. The van der Waals surface area contributed by atoms with Gasteiger partial charge in [-0.15, -0.1) is 0 Å². The summed E-state index contributed by atoms with van der Waals surface area (Å²) < 4.78 is 32.3. The molecule has 0 saturated heterocycles. The van der Waals surface area contributed by atoms with Gasteiger partial charge in [0.25, 0.3) is 0 Å². The standard InChI is InChI=1S/C12H18N4O3S/c1-9-12(8-13-15-9)20(17,18)14-7-10(16(2)3)11-5-4-6-19-11/h4-6,8,10,14H,7H2,1-3H3,(H,13,15). The molecule has 0 bridgehead atoms. The second kappa shape index (κ2) is 5.78. The number of sulfonamides is 1. The SMILES string of the molecule is Cc1[nH]ncc1S(=O)(=O)NCC(c1ccco1)N(C)C. The van der Waals surface area contributed by atoms with Gasteiger partial charge >= 0.3 is 0 Å². The van der Waals surface area contributed by atoms with Gasteiger partial charge in [0.1, 0.15) is 10.7 Å². The van der Waals surface area contributed by atoms with Gasteiger partial charge in [-0.1, -0.05) is 0 Å². The molecule has 2 aromatic rings. The third kappa shape index (κ3) is 3.09. The number of hydrogen-bond donors (Lipinski definition) is 2. The molecule has 1 atom stereocenters. The number of furan rings is 1. The predicted octanol–water partition coefficient (Wildman–Crippen LogP) is 0.892. The van der Waals surface area contributed by atoms with Crippen molar-refractivity contribution in [1.82, 2.24) is 19.8 Å². The molecule has 1 unspecified atom stereocenters. The lowest BCUT2D eigenvalue weighted by molar-refractivity contribution is 0.259. The van der Waals surface area contributed by atoms with Crippen molar-refractivity contribution < 1.29 is 12.8 Å². The molecule has 0 aromatic carbocycles. The zero-order valence-corrected chi connectivity index (χ0v) is 12.4. The average Bonchev–Trinajstić information content (AvgIpc) is 3.00. The van der Waals surface area contributed by atoms with Gasteiger partial charge in [0, 0.05) is 6.54 Å². The maximum atomic E-state index is 12.2. The molecule has 2 heterocycles. The van der Waals surface area contributed by atoms with Crippen LogP contribution in [-0.4, -0.2) is 44.2 Å². The van der Waals surface area contributed by atoms with Crippen LogP contribution in [0.2, 0.25) is 0 Å². The summed E-state index contributed by atoms with van der Waals surface area (Å²) in [7, 11) is 0.152. The van der Waals surface area contributed by atoms with Crippen LogP contribution in [0.25, 0.3) is 0 Å². The molecule has 0 aliphatic heterocycles. The maximum absolute atomic E-state index is 12.2. The summed E-state index contributed by atoms with van der Waals surface area (Å²) in [5.74, 6) is 0.710. The van der Waals surface area contributed by atoms with E-state index in [4.69, 9.17) is 4.42 Å². The van der Waals surface area contributed by atoms with Crippen LogP contribution in [0.3, 0.4) is 0 Å². The highest BCUT2D eigenvalue weighted by atomic mass is 32.2. The van der Waals surface area contributed by atoms with Crippen LogP contribution in [-0.2, 0) is 10.0 Å². The van der Waals surface area contributed by atoms with Gasteiger partial charge in [-0.25, -0.2) is 13.1 Å². The number of aromatic amines is 1. The Labute approximate surface area is 118 Å². The van der Waals surface area contributed by atoms with Crippen LogP contribution in [0, 0.1) is 6.92 Å². The van der Waals surface area contributed by atoms with Gasteiger partial charge in [-0.2, -0.15) is 5.10 Å². The summed E-state index contributed by atoms with van der Waals surface area (Å²) in [5, 5.41) is 6.34.